The molecule has 0 fully saturated rings. The van der Waals surface area contributed by atoms with Gasteiger partial charge in [0.15, 0.2) is 5.65 Å². The average molecular weight is 469 g/mol. The van der Waals surface area contributed by atoms with Gasteiger partial charge in [0.1, 0.15) is 11.3 Å². The molecule has 0 aliphatic heterocycles. The number of halogens is 5. The van der Waals surface area contributed by atoms with Gasteiger partial charge in [-0.25, -0.2) is 4.98 Å². The highest BCUT2D eigenvalue weighted by atomic mass is 35.5. The number of pyridine rings is 2. The van der Waals surface area contributed by atoms with Crippen molar-refractivity contribution in [2.24, 2.45) is 7.05 Å². The molecule has 0 bridgehead atoms. The molecule has 4 aromatic rings. The predicted molar refractivity (Wildman–Crippen MR) is 110 cm³/mol. The molecule has 0 N–H and O–H groups in total. The molecule has 0 saturated heterocycles. The van der Waals surface area contributed by atoms with Gasteiger partial charge in [0.2, 0.25) is 5.75 Å². The van der Waals surface area contributed by atoms with Crippen molar-refractivity contribution in [2.75, 3.05) is 0 Å². The minimum absolute atomic E-state index is 0.0767. The summed E-state index contributed by atoms with van der Waals surface area (Å²) >= 11 is 11.8. The third-order valence-corrected chi connectivity index (χ3v) is 4.91. The first kappa shape index (κ1) is 21.2. The van der Waals surface area contributed by atoms with Crippen molar-refractivity contribution < 1.29 is 17.9 Å². The maximum absolute atomic E-state index is 13.6. The highest BCUT2D eigenvalue weighted by molar-refractivity contribution is 6.34. The number of ether oxygens (including phenoxy) is 1. The van der Waals surface area contributed by atoms with E-state index in [1.807, 2.05) is 0 Å². The number of aryl methyl sites for hydroxylation is 1. The number of benzene rings is 1. The molecule has 3 heterocycles. The minimum Gasteiger partial charge on any atom is -0.451 e. The number of rotatable bonds is 4. The summed E-state index contributed by atoms with van der Waals surface area (Å²) in [6.07, 6.45) is -2.16. The number of alkyl halides is 3. The van der Waals surface area contributed by atoms with Gasteiger partial charge in [-0.3, -0.25) is 9.48 Å². The first-order chi connectivity index (χ1) is 14.6. The van der Waals surface area contributed by atoms with Crippen LogP contribution in [0.5, 0.6) is 11.5 Å². The summed E-state index contributed by atoms with van der Waals surface area (Å²) in [5.41, 5.74) is -1.13. The Kier molecular flexibility index (Phi) is 5.40. The van der Waals surface area contributed by atoms with Crippen molar-refractivity contribution in [1.29, 1.82) is 0 Å². The largest absolute Gasteiger partial charge is 0.451 e. The van der Waals surface area contributed by atoms with E-state index < -0.39 is 23.0 Å². The predicted octanol–water partition coefficient (Wildman–Crippen LogP) is 5.30. The highest BCUT2D eigenvalue weighted by Crippen LogP contribution is 2.37. The second-order valence-corrected chi connectivity index (χ2v) is 7.51. The van der Waals surface area contributed by atoms with Crippen LogP contribution in [0.2, 0.25) is 10.0 Å². The molecule has 0 unspecified atom stereocenters. The van der Waals surface area contributed by atoms with Crippen LogP contribution in [0.15, 0.2) is 53.6 Å². The molecule has 4 rings (SSSR count). The Morgan fingerprint density at radius 1 is 1.13 bits per heavy atom. The lowest BCUT2D eigenvalue weighted by molar-refractivity contribution is -0.138. The molecule has 3 aromatic heterocycles. The fourth-order valence-corrected chi connectivity index (χ4v) is 3.65. The fraction of sp³-hybridized carbons (Fsp3) is 0.150. The van der Waals surface area contributed by atoms with Crippen molar-refractivity contribution >= 4 is 34.2 Å². The first-order valence-electron chi connectivity index (χ1n) is 8.84. The Hall–Kier alpha value is -3.04. The number of hydrogen-bond donors (Lipinski definition) is 0. The highest BCUT2D eigenvalue weighted by Gasteiger charge is 2.36. The van der Waals surface area contributed by atoms with Crippen LogP contribution in [0.3, 0.4) is 0 Å². The van der Waals surface area contributed by atoms with Gasteiger partial charge >= 0.3 is 6.18 Å². The standard InChI is InChI=1S/C20H13Cl2F3N4O2/c1-28-18-14(3-2-5-26-18)16(27-28)10-29-6-4-15(20(23,24)25)17(19(29)30)31-13-8-11(21)7-12(22)9-13/h2-9H,10H2,1H3. The van der Waals surface area contributed by atoms with E-state index in [0.29, 0.717) is 16.7 Å². The van der Waals surface area contributed by atoms with Gasteiger partial charge in [-0.2, -0.15) is 18.3 Å². The summed E-state index contributed by atoms with van der Waals surface area (Å²) in [5, 5.41) is 5.32. The Labute approximate surface area is 183 Å². The van der Waals surface area contributed by atoms with Crippen molar-refractivity contribution in [3.05, 3.63) is 80.4 Å². The number of nitrogens with zero attached hydrogens (tertiary/aromatic N) is 4. The maximum Gasteiger partial charge on any atom is 0.420 e. The lowest BCUT2D eigenvalue weighted by Gasteiger charge is -2.15. The summed E-state index contributed by atoms with van der Waals surface area (Å²) < 4.78 is 48.6. The second-order valence-electron chi connectivity index (χ2n) is 6.64. The van der Waals surface area contributed by atoms with Gasteiger partial charge in [0, 0.05) is 34.9 Å². The van der Waals surface area contributed by atoms with E-state index in [1.54, 1.807) is 25.4 Å². The van der Waals surface area contributed by atoms with Crippen molar-refractivity contribution in [2.45, 2.75) is 12.7 Å². The van der Waals surface area contributed by atoms with Gasteiger partial charge in [0.05, 0.1) is 12.2 Å². The molecule has 31 heavy (non-hydrogen) atoms. The van der Waals surface area contributed by atoms with Gasteiger partial charge in [-0.05, 0) is 36.4 Å². The minimum atomic E-state index is -4.81. The van der Waals surface area contributed by atoms with Crippen LogP contribution in [0.1, 0.15) is 11.3 Å². The summed E-state index contributed by atoms with van der Waals surface area (Å²) in [6, 6.07) is 8.19. The van der Waals surface area contributed by atoms with Crippen LogP contribution in [0.4, 0.5) is 13.2 Å². The summed E-state index contributed by atoms with van der Waals surface area (Å²) in [7, 11) is 1.69. The molecule has 0 spiro atoms. The van der Waals surface area contributed by atoms with Crippen LogP contribution >= 0.6 is 23.2 Å². The Morgan fingerprint density at radius 2 is 1.84 bits per heavy atom. The lowest BCUT2D eigenvalue weighted by atomic mass is 10.2. The quantitative estimate of drug-likeness (QED) is 0.407. The number of aromatic nitrogens is 4. The summed E-state index contributed by atoms with van der Waals surface area (Å²) in [6.45, 7) is -0.0767. The summed E-state index contributed by atoms with van der Waals surface area (Å²) in [4.78, 5) is 17.2. The second kappa shape index (κ2) is 7.90. The molecule has 1 aromatic carbocycles. The van der Waals surface area contributed by atoms with E-state index in [2.05, 4.69) is 10.1 Å². The van der Waals surface area contributed by atoms with E-state index in [1.165, 1.54) is 22.9 Å². The van der Waals surface area contributed by atoms with Crippen LogP contribution in [0.25, 0.3) is 11.0 Å². The first-order valence-corrected chi connectivity index (χ1v) is 9.60. The third kappa shape index (κ3) is 4.24. The smallest absolute Gasteiger partial charge is 0.420 e. The molecule has 11 heteroatoms. The van der Waals surface area contributed by atoms with Gasteiger partial charge < -0.3 is 9.30 Å². The molecular formula is C20H13Cl2F3N4O2. The molecule has 0 radical (unpaired) electrons. The topological polar surface area (TPSA) is 61.9 Å². The average Bonchev–Trinajstić information content (AvgIpc) is 2.99. The third-order valence-electron chi connectivity index (χ3n) is 4.48. The maximum atomic E-state index is 13.6. The summed E-state index contributed by atoms with van der Waals surface area (Å²) in [5.74, 6) is -0.975. The fourth-order valence-electron chi connectivity index (χ4n) is 3.15. The van der Waals surface area contributed by atoms with E-state index in [9.17, 15) is 18.0 Å². The van der Waals surface area contributed by atoms with E-state index in [0.717, 1.165) is 16.8 Å². The molecule has 0 saturated carbocycles. The van der Waals surface area contributed by atoms with Gasteiger partial charge in [-0.15, -0.1) is 0 Å². The normalized spacial score (nSPS) is 11.8. The van der Waals surface area contributed by atoms with Gasteiger partial charge in [-0.1, -0.05) is 23.2 Å². The van der Waals surface area contributed by atoms with Crippen molar-refractivity contribution in [3.8, 4) is 11.5 Å². The molecule has 160 valence electrons. The monoisotopic (exact) mass is 468 g/mol. The van der Waals surface area contributed by atoms with Crippen LogP contribution in [-0.2, 0) is 19.8 Å². The van der Waals surface area contributed by atoms with Crippen LogP contribution in [0, 0.1) is 0 Å². The number of hydrogen-bond acceptors (Lipinski definition) is 4. The van der Waals surface area contributed by atoms with E-state index >= 15 is 0 Å². The van der Waals surface area contributed by atoms with Gasteiger partial charge in [0.25, 0.3) is 5.56 Å². The van der Waals surface area contributed by atoms with E-state index in [-0.39, 0.29) is 22.3 Å². The molecule has 0 aliphatic rings. The Balaban J connectivity index is 1.81. The molecule has 0 atom stereocenters. The molecule has 0 aliphatic carbocycles. The zero-order valence-electron chi connectivity index (χ0n) is 15.8. The van der Waals surface area contributed by atoms with Crippen molar-refractivity contribution in [1.82, 2.24) is 19.3 Å². The lowest BCUT2D eigenvalue weighted by Crippen LogP contribution is -2.25. The van der Waals surface area contributed by atoms with E-state index in [4.69, 9.17) is 27.9 Å². The SMILES string of the molecule is Cn1nc(Cn2ccc(C(F)(F)F)c(Oc3cc(Cl)cc(Cl)c3)c2=O)c2cccnc21. The Morgan fingerprint density at radius 3 is 2.52 bits per heavy atom. The van der Waals surface area contributed by atoms with Crippen molar-refractivity contribution in [3.63, 3.8) is 0 Å². The molecular weight excluding hydrogens is 456 g/mol. The number of fused-ring (bicyclic) bond motifs is 1. The zero-order chi connectivity index (χ0) is 22.3. The molecule has 6 nitrogen and oxygen atoms in total. The molecule has 0 amide bonds. The zero-order valence-corrected chi connectivity index (χ0v) is 17.3. The Bertz CT molecular complexity index is 1330. The van der Waals surface area contributed by atoms with Crippen LogP contribution in [-0.4, -0.2) is 19.3 Å². The van der Waals surface area contributed by atoms with Crippen LogP contribution < -0.4 is 10.3 Å².